The fourth-order valence-electron chi connectivity index (χ4n) is 3.14. The van der Waals surface area contributed by atoms with E-state index >= 15 is 0 Å². The maximum absolute atomic E-state index is 12.6. The van der Waals surface area contributed by atoms with Crippen LogP contribution in [-0.2, 0) is 17.6 Å². The summed E-state index contributed by atoms with van der Waals surface area (Å²) in [6, 6.07) is 10.4. The number of aryl methyl sites for hydroxylation is 2. The highest BCUT2D eigenvalue weighted by Gasteiger charge is 2.26. The third-order valence-corrected chi connectivity index (χ3v) is 5.47. The van der Waals surface area contributed by atoms with Crippen molar-refractivity contribution in [3.8, 4) is 10.4 Å². The molecule has 1 aromatic carbocycles. The van der Waals surface area contributed by atoms with Crippen molar-refractivity contribution in [2.24, 2.45) is 0 Å². The molecule has 0 atom stereocenters. The van der Waals surface area contributed by atoms with Gasteiger partial charge in [-0.2, -0.15) is 0 Å². The Morgan fingerprint density at radius 2 is 2.00 bits per heavy atom. The molecule has 1 fully saturated rings. The number of rotatable bonds is 1. The molecular weight excluding hydrogens is 296 g/mol. The number of nitrogens with one attached hydrogen (secondary N) is 1. The van der Waals surface area contributed by atoms with Crippen molar-refractivity contribution in [1.29, 1.82) is 0 Å². The molecular formula is C17H16N2O2S. The maximum Gasteiger partial charge on any atom is 0.264 e. The first-order valence-corrected chi connectivity index (χ1v) is 8.31. The topological polar surface area (TPSA) is 49.4 Å². The van der Waals surface area contributed by atoms with Crippen LogP contribution in [-0.4, -0.2) is 36.3 Å². The molecule has 1 N–H and O–H groups in total. The number of hydrogen-bond acceptors (Lipinski definition) is 3. The molecule has 4 rings (SSSR count). The van der Waals surface area contributed by atoms with Crippen LogP contribution in [0, 0.1) is 0 Å². The van der Waals surface area contributed by atoms with Gasteiger partial charge in [-0.1, -0.05) is 24.3 Å². The van der Waals surface area contributed by atoms with Gasteiger partial charge in [0.25, 0.3) is 5.91 Å². The first kappa shape index (κ1) is 13.5. The highest BCUT2D eigenvalue weighted by molar-refractivity contribution is 7.17. The van der Waals surface area contributed by atoms with Crippen molar-refractivity contribution in [2.45, 2.75) is 12.8 Å². The molecule has 1 aliphatic heterocycles. The van der Waals surface area contributed by atoms with Crippen LogP contribution >= 0.6 is 11.3 Å². The summed E-state index contributed by atoms with van der Waals surface area (Å²) in [5.74, 6) is -0.0991. The SMILES string of the molecule is O=C1CN(C(=O)c2cc3c(s2)-c2ccccc2CC3)CCN1. The van der Waals surface area contributed by atoms with E-state index in [0.29, 0.717) is 13.1 Å². The Balaban J connectivity index is 1.67. The molecule has 2 aliphatic rings. The standard InChI is InChI=1S/C17H16N2O2S/c20-15-10-19(8-7-18-15)17(21)14-9-12-6-5-11-3-1-2-4-13(11)16(12)22-14/h1-4,9H,5-8,10H2,(H,18,20). The molecule has 1 aromatic heterocycles. The average Bonchev–Trinajstić information content (AvgIpc) is 2.99. The Morgan fingerprint density at radius 1 is 1.18 bits per heavy atom. The van der Waals surface area contributed by atoms with Crippen LogP contribution in [0.15, 0.2) is 30.3 Å². The number of piperazine rings is 1. The molecule has 1 saturated heterocycles. The molecule has 0 bridgehead atoms. The second-order valence-corrected chi connectivity index (χ2v) is 6.75. The summed E-state index contributed by atoms with van der Waals surface area (Å²) in [5, 5.41) is 2.75. The van der Waals surface area contributed by atoms with Crippen LogP contribution in [0.2, 0.25) is 0 Å². The predicted molar refractivity (Wildman–Crippen MR) is 86.1 cm³/mol. The number of amides is 2. The zero-order chi connectivity index (χ0) is 15.1. The third-order valence-electron chi connectivity index (χ3n) is 4.27. The van der Waals surface area contributed by atoms with Gasteiger partial charge in [0.15, 0.2) is 0 Å². The van der Waals surface area contributed by atoms with Gasteiger partial charge in [0.05, 0.1) is 11.4 Å². The zero-order valence-corrected chi connectivity index (χ0v) is 12.9. The molecule has 2 heterocycles. The largest absolute Gasteiger partial charge is 0.353 e. The molecule has 0 unspecified atom stereocenters. The minimum absolute atomic E-state index is 0.0215. The van der Waals surface area contributed by atoms with Crippen LogP contribution < -0.4 is 5.32 Å². The number of hydrogen-bond donors (Lipinski definition) is 1. The quantitative estimate of drug-likeness (QED) is 0.876. The van der Waals surface area contributed by atoms with Crippen molar-refractivity contribution in [3.05, 3.63) is 46.3 Å². The van der Waals surface area contributed by atoms with E-state index < -0.39 is 0 Å². The van der Waals surface area contributed by atoms with E-state index in [1.54, 1.807) is 16.2 Å². The summed E-state index contributed by atoms with van der Waals surface area (Å²) in [6.07, 6.45) is 2.01. The van der Waals surface area contributed by atoms with Crippen LogP contribution in [0.4, 0.5) is 0 Å². The maximum atomic E-state index is 12.6. The zero-order valence-electron chi connectivity index (χ0n) is 12.1. The van der Waals surface area contributed by atoms with Gasteiger partial charge in [0, 0.05) is 18.0 Å². The molecule has 2 aromatic rings. The van der Waals surface area contributed by atoms with E-state index in [0.717, 1.165) is 17.7 Å². The van der Waals surface area contributed by atoms with Crippen molar-refractivity contribution in [1.82, 2.24) is 10.2 Å². The fourth-order valence-corrected chi connectivity index (χ4v) is 4.38. The Labute approximate surface area is 132 Å². The van der Waals surface area contributed by atoms with Crippen LogP contribution in [0.3, 0.4) is 0 Å². The van der Waals surface area contributed by atoms with Gasteiger partial charge in [0.2, 0.25) is 5.91 Å². The molecule has 0 radical (unpaired) electrons. The lowest BCUT2D eigenvalue weighted by Gasteiger charge is -2.26. The lowest BCUT2D eigenvalue weighted by atomic mass is 9.91. The highest BCUT2D eigenvalue weighted by Crippen LogP contribution is 2.39. The van der Waals surface area contributed by atoms with Gasteiger partial charge < -0.3 is 10.2 Å². The average molecular weight is 312 g/mol. The lowest BCUT2D eigenvalue weighted by Crippen LogP contribution is -2.49. The van der Waals surface area contributed by atoms with Crippen molar-refractivity contribution >= 4 is 23.2 Å². The minimum atomic E-state index is -0.0775. The Morgan fingerprint density at radius 3 is 2.86 bits per heavy atom. The van der Waals surface area contributed by atoms with Gasteiger partial charge in [0.1, 0.15) is 0 Å². The molecule has 4 nitrogen and oxygen atoms in total. The Hall–Kier alpha value is -2.14. The van der Waals surface area contributed by atoms with Gasteiger partial charge in [-0.25, -0.2) is 0 Å². The van der Waals surface area contributed by atoms with Gasteiger partial charge in [-0.15, -0.1) is 11.3 Å². The molecule has 22 heavy (non-hydrogen) atoms. The summed E-state index contributed by atoms with van der Waals surface area (Å²) in [5.41, 5.74) is 3.87. The van der Waals surface area contributed by atoms with E-state index in [1.165, 1.54) is 21.6 Å². The van der Waals surface area contributed by atoms with E-state index in [2.05, 4.69) is 23.5 Å². The second-order valence-electron chi connectivity index (χ2n) is 5.70. The van der Waals surface area contributed by atoms with Crippen LogP contribution in [0.5, 0.6) is 0 Å². The summed E-state index contributed by atoms with van der Waals surface area (Å²) in [4.78, 5) is 27.7. The van der Waals surface area contributed by atoms with E-state index in [9.17, 15) is 9.59 Å². The smallest absolute Gasteiger partial charge is 0.264 e. The highest BCUT2D eigenvalue weighted by atomic mass is 32.1. The number of thiophene rings is 1. The third kappa shape index (κ3) is 2.22. The number of nitrogens with zero attached hydrogens (tertiary/aromatic N) is 1. The molecule has 0 spiro atoms. The monoisotopic (exact) mass is 312 g/mol. The first-order chi connectivity index (χ1) is 10.7. The van der Waals surface area contributed by atoms with Crippen molar-refractivity contribution < 1.29 is 9.59 Å². The summed E-state index contributed by atoms with van der Waals surface area (Å²) in [6.45, 7) is 1.29. The van der Waals surface area contributed by atoms with E-state index in [1.807, 2.05) is 12.1 Å². The number of carbonyl (C=O) groups excluding carboxylic acids is 2. The normalized spacial score (nSPS) is 16.7. The van der Waals surface area contributed by atoms with E-state index in [4.69, 9.17) is 0 Å². The van der Waals surface area contributed by atoms with E-state index in [-0.39, 0.29) is 18.4 Å². The Bertz CT molecular complexity index is 766. The molecule has 2 amide bonds. The van der Waals surface area contributed by atoms with Crippen molar-refractivity contribution in [3.63, 3.8) is 0 Å². The molecule has 0 saturated carbocycles. The van der Waals surface area contributed by atoms with Gasteiger partial charge in [-0.05, 0) is 35.6 Å². The van der Waals surface area contributed by atoms with Gasteiger partial charge in [-0.3, -0.25) is 9.59 Å². The second kappa shape index (κ2) is 5.25. The van der Waals surface area contributed by atoms with Crippen molar-refractivity contribution in [2.75, 3.05) is 19.6 Å². The fraction of sp³-hybridized carbons (Fsp3) is 0.294. The molecule has 1 aliphatic carbocycles. The molecule has 5 heteroatoms. The van der Waals surface area contributed by atoms with Crippen LogP contribution in [0.25, 0.3) is 10.4 Å². The first-order valence-electron chi connectivity index (χ1n) is 7.49. The molecule has 112 valence electrons. The summed E-state index contributed by atoms with van der Waals surface area (Å²) < 4.78 is 0. The Kier molecular flexibility index (Phi) is 3.22. The summed E-state index contributed by atoms with van der Waals surface area (Å²) >= 11 is 1.56. The number of benzene rings is 1. The number of fused-ring (bicyclic) bond motifs is 3. The lowest BCUT2D eigenvalue weighted by molar-refractivity contribution is -0.123. The number of carbonyl (C=O) groups is 2. The summed E-state index contributed by atoms with van der Waals surface area (Å²) in [7, 11) is 0. The predicted octanol–water partition coefficient (Wildman–Crippen LogP) is 2.09. The van der Waals surface area contributed by atoms with Crippen LogP contribution in [0.1, 0.15) is 20.8 Å². The minimum Gasteiger partial charge on any atom is -0.353 e. The van der Waals surface area contributed by atoms with Gasteiger partial charge >= 0.3 is 0 Å².